The third-order valence-corrected chi connectivity index (χ3v) is 2.23. The van der Waals surface area contributed by atoms with Crippen LogP contribution in [0.3, 0.4) is 0 Å². The van der Waals surface area contributed by atoms with Crippen molar-refractivity contribution in [2.45, 2.75) is 24.5 Å². The predicted molar refractivity (Wildman–Crippen MR) is 36.7 cm³/mol. The lowest BCUT2D eigenvalue weighted by Gasteiger charge is -2.28. The topological polar surface area (TPSA) is 44.5 Å². The number of hydrogen-bond donors (Lipinski definition) is 1. The van der Waals surface area contributed by atoms with Crippen molar-refractivity contribution in [1.29, 1.82) is 0 Å². The van der Waals surface area contributed by atoms with Gasteiger partial charge >= 0.3 is 0 Å². The normalized spacial score (nSPS) is 36.3. The van der Waals surface area contributed by atoms with E-state index in [9.17, 15) is 0 Å². The molecule has 1 aliphatic heterocycles. The van der Waals surface area contributed by atoms with E-state index < -0.39 is 0 Å². The molecular weight excluding hydrogens is 130 g/mol. The summed E-state index contributed by atoms with van der Waals surface area (Å²) >= 11 is 0. The Hall–Kier alpha value is -0.120. The van der Waals surface area contributed by atoms with Crippen molar-refractivity contribution in [1.82, 2.24) is 0 Å². The van der Waals surface area contributed by atoms with E-state index in [1.54, 1.807) is 0 Å². The summed E-state index contributed by atoms with van der Waals surface area (Å²) < 4.78 is 11.0. The Balaban J connectivity index is 1.84. The highest BCUT2D eigenvalue weighted by atomic mass is 16.6. The van der Waals surface area contributed by atoms with Gasteiger partial charge in [-0.2, -0.15) is 0 Å². The third-order valence-electron chi connectivity index (χ3n) is 2.23. The first-order valence-corrected chi connectivity index (χ1v) is 3.80. The van der Waals surface area contributed by atoms with Gasteiger partial charge in [-0.1, -0.05) is 0 Å². The molecule has 0 amide bonds. The van der Waals surface area contributed by atoms with Crippen molar-refractivity contribution < 1.29 is 9.47 Å². The minimum Gasteiger partial charge on any atom is -0.372 e. The fraction of sp³-hybridized carbons (Fsp3) is 1.00. The summed E-state index contributed by atoms with van der Waals surface area (Å²) in [4.78, 5) is 0. The molecule has 3 nitrogen and oxygen atoms in total. The zero-order valence-electron chi connectivity index (χ0n) is 6.01. The molecule has 0 aromatic rings. The van der Waals surface area contributed by atoms with E-state index in [-0.39, 0.29) is 11.7 Å². The highest BCUT2D eigenvalue weighted by molar-refractivity contribution is 4.97. The van der Waals surface area contributed by atoms with E-state index in [0.717, 1.165) is 6.61 Å². The molecule has 0 radical (unpaired) electrons. The van der Waals surface area contributed by atoms with E-state index in [4.69, 9.17) is 15.2 Å². The molecule has 1 heterocycles. The lowest BCUT2D eigenvalue weighted by molar-refractivity contribution is -0.142. The molecule has 1 saturated carbocycles. The predicted octanol–water partition coefficient (Wildman–Crippen LogP) is -0.107. The van der Waals surface area contributed by atoms with E-state index in [2.05, 4.69) is 0 Å². The average Bonchev–Trinajstić information content (AvgIpc) is 2.72. The fourth-order valence-electron chi connectivity index (χ4n) is 1.19. The van der Waals surface area contributed by atoms with E-state index in [0.29, 0.717) is 13.2 Å². The van der Waals surface area contributed by atoms with Crippen LogP contribution in [0.5, 0.6) is 0 Å². The summed E-state index contributed by atoms with van der Waals surface area (Å²) in [6.45, 7) is 2.03. The van der Waals surface area contributed by atoms with Crippen LogP contribution in [0.1, 0.15) is 12.8 Å². The van der Waals surface area contributed by atoms with Crippen molar-refractivity contribution in [3.05, 3.63) is 0 Å². The summed E-state index contributed by atoms with van der Waals surface area (Å²) in [7, 11) is 0. The molecule has 1 atom stereocenters. The smallest absolute Gasteiger partial charge is 0.0932 e. The van der Waals surface area contributed by atoms with Gasteiger partial charge in [0.15, 0.2) is 0 Å². The van der Waals surface area contributed by atoms with Crippen LogP contribution in [0.15, 0.2) is 0 Å². The average molecular weight is 143 g/mol. The second-order valence-corrected chi connectivity index (χ2v) is 3.16. The lowest BCUT2D eigenvalue weighted by Crippen LogP contribution is -2.40. The van der Waals surface area contributed by atoms with Gasteiger partial charge < -0.3 is 15.2 Å². The molecule has 10 heavy (non-hydrogen) atoms. The summed E-state index contributed by atoms with van der Waals surface area (Å²) in [5.41, 5.74) is 5.54. The van der Waals surface area contributed by atoms with E-state index >= 15 is 0 Å². The third kappa shape index (κ3) is 1.05. The molecule has 3 heteroatoms. The molecule has 0 bridgehead atoms. The fourth-order valence-corrected chi connectivity index (χ4v) is 1.19. The molecular formula is C7H13NO2. The number of nitrogens with two attached hydrogens (primary N) is 1. The van der Waals surface area contributed by atoms with Crippen LogP contribution in [-0.2, 0) is 9.47 Å². The van der Waals surface area contributed by atoms with Gasteiger partial charge in [0, 0.05) is 6.54 Å². The Morgan fingerprint density at radius 1 is 1.50 bits per heavy atom. The summed E-state index contributed by atoms with van der Waals surface area (Å²) in [6.07, 6.45) is 2.49. The number of ether oxygens (including phenoxy) is 2. The maximum atomic E-state index is 5.57. The first kappa shape index (κ1) is 6.58. The van der Waals surface area contributed by atoms with Gasteiger partial charge in [-0.15, -0.1) is 0 Å². The molecule has 2 fully saturated rings. The second kappa shape index (κ2) is 2.19. The maximum absolute atomic E-state index is 5.57. The first-order chi connectivity index (χ1) is 4.85. The highest BCUT2D eigenvalue weighted by Gasteiger charge is 2.47. The van der Waals surface area contributed by atoms with Gasteiger partial charge in [-0.3, -0.25) is 0 Å². The summed E-state index contributed by atoms with van der Waals surface area (Å²) in [5, 5.41) is 0. The van der Waals surface area contributed by atoms with Crippen LogP contribution in [0.2, 0.25) is 0 Å². The van der Waals surface area contributed by atoms with Gasteiger partial charge in [0.1, 0.15) is 0 Å². The zero-order valence-corrected chi connectivity index (χ0v) is 6.01. The molecule has 58 valence electrons. The molecule has 1 unspecified atom stereocenters. The largest absolute Gasteiger partial charge is 0.372 e. The monoisotopic (exact) mass is 143 g/mol. The SMILES string of the molecule is NCC1COC2(CC2)CO1. The van der Waals surface area contributed by atoms with E-state index in [1.165, 1.54) is 12.8 Å². The molecule has 0 aromatic heterocycles. The van der Waals surface area contributed by atoms with Crippen molar-refractivity contribution in [2.24, 2.45) is 5.73 Å². The van der Waals surface area contributed by atoms with Gasteiger partial charge in [0.25, 0.3) is 0 Å². The molecule has 2 rings (SSSR count). The Bertz CT molecular complexity index is 124. The molecule has 2 aliphatic rings. The molecule has 1 saturated heterocycles. The molecule has 0 aromatic carbocycles. The van der Waals surface area contributed by atoms with Crippen LogP contribution in [0.4, 0.5) is 0 Å². The molecule has 2 N–H and O–H groups in total. The summed E-state index contributed by atoms with van der Waals surface area (Å²) in [6, 6.07) is 0. The van der Waals surface area contributed by atoms with Gasteiger partial charge in [-0.25, -0.2) is 0 Å². The molecule has 1 spiro atoms. The lowest BCUT2D eigenvalue weighted by atomic mass is 10.3. The van der Waals surface area contributed by atoms with Crippen LogP contribution >= 0.6 is 0 Å². The highest BCUT2D eigenvalue weighted by Crippen LogP contribution is 2.41. The minimum atomic E-state index is 0.131. The Kier molecular flexibility index (Phi) is 1.44. The number of rotatable bonds is 1. The van der Waals surface area contributed by atoms with Crippen molar-refractivity contribution in [3.8, 4) is 0 Å². The van der Waals surface area contributed by atoms with Crippen LogP contribution in [0.25, 0.3) is 0 Å². The van der Waals surface area contributed by atoms with Gasteiger partial charge in [0.2, 0.25) is 0 Å². The van der Waals surface area contributed by atoms with E-state index in [1.807, 2.05) is 0 Å². The molecule has 1 aliphatic carbocycles. The Morgan fingerprint density at radius 2 is 2.30 bits per heavy atom. The Morgan fingerprint density at radius 3 is 2.70 bits per heavy atom. The minimum absolute atomic E-state index is 0.131. The van der Waals surface area contributed by atoms with Crippen molar-refractivity contribution in [3.63, 3.8) is 0 Å². The number of hydrogen-bond acceptors (Lipinski definition) is 3. The van der Waals surface area contributed by atoms with Crippen molar-refractivity contribution in [2.75, 3.05) is 19.8 Å². The Labute approximate surface area is 60.5 Å². The van der Waals surface area contributed by atoms with Gasteiger partial charge in [0.05, 0.1) is 24.9 Å². The zero-order chi connectivity index (χ0) is 7.03. The van der Waals surface area contributed by atoms with Crippen LogP contribution in [0, 0.1) is 0 Å². The first-order valence-electron chi connectivity index (χ1n) is 3.80. The van der Waals surface area contributed by atoms with Crippen molar-refractivity contribution >= 4 is 0 Å². The standard InChI is InChI=1S/C7H13NO2/c8-3-6-4-10-7(1-2-7)5-9-6/h6H,1-5,8H2. The van der Waals surface area contributed by atoms with Crippen LogP contribution in [-0.4, -0.2) is 31.5 Å². The van der Waals surface area contributed by atoms with Gasteiger partial charge in [-0.05, 0) is 12.8 Å². The quantitative estimate of drug-likeness (QED) is 0.557. The maximum Gasteiger partial charge on any atom is 0.0932 e. The van der Waals surface area contributed by atoms with Crippen LogP contribution < -0.4 is 5.73 Å². The summed E-state index contributed by atoms with van der Waals surface area (Å²) in [5.74, 6) is 0. The second-order valence-electron chi connectivity index (χ2n) is 3.16.